The summed E-state index contributed by atoms with van der Waals surface area (Å²) in [5.41, 5.74) is 4.22. The molecule has 2 amide bonds. The molecule has 1 unspecified atom stereocenters. The van der Waals surface area contributed by atoms with Gasteiger partial charge in [-0.3, -0.25) is 14.8 Å². The number of nitrogens with one attached hydrogen (secondary N) is 2. The summed E-state index contributed by atoms with van der Waals surface area (Å²) in [7, 11) is 0. The molecular formula is C22H25N3O3. The van der Waals surface area contributed by atoms with Crippen LogP contribution in [0.1, 0.15) is 25.3 Å². The van der Waals surface area contributed by atoms with Crippen LogP contribution < -0.4 is 10.8 Å². The van der Waals surface area contributed by atoms with E-state index in [0.29, 0.717) is 13.1 Å². The molecule has 2 aliphatic heterocycles. The first-order valence-electron chi connectivity index (χ1n) is 9.68. The zero-order valence-electron chi connectivity index (χ0n) is 15.9. The lowest BCUT2D eigenvalue weighted by Crippen LogP contribution is -2.68. The molecule has 0 saturated carbocycles. The average Bonchev–Trinajstić information content (AvgIpc) is 2.76. The number of hydrogen-bond acceptors (Lipinski definition) is 4. The van der Waals surface area contributed by atoms with Crippen molar-refractivity contribution in [2.24, 2.45) is 0 Å². The highest BCUT2D eigenvalue weighted by atomic mass is 16.5. The molecule has 6 heteroatoms. The van der Waals surface area contributed by atoms with E-state index in [1.165, 1.54) is 0 Å². The molecule has 28 heavy (non-hydrogen) atoms. The Morgan fingerprint density at radius 2 is 1.79 bits per heavy atom. The molecule has 2 aromatic carbocycles. The van der Waals surface area contributed by atoms with Crippen molar-refractivity contribution in [3.63, 3.8) is 0 Å². The predicted octanol–water partition coefficient (Wildman–Crippen LogP) is 2.08. The smallest absolute Gasteiger partial charge is 0.267 e. The lowest BCUT2D eigenvalue weighted by Gasteiger charge is -2.50. The normalized spacial score (nSPS) is 27.2. The molecule has 6 nitrogen and oxygen atoms in total. The molecule has 2 saturated heterocycles. The Morgan fingerprint density at radius 1 is 1.11 bits per heavy atom. The number of piperidine rings is 1. The number of rotatable bonds is 3. The summed E-state index contributed by atoms with van der Waals surface area (Å²) in [5, 5.41) is 12.3. The highest BCUT2D eigenvalue weighted by molar-refractivity contribution is 5.94. The van der Waals surface area contributed by atoms with Gasteiger partial charge in [-0.2, -0.15) is 0 Å². The minimum atomic E-state index is -0.695. The maximum absolute atomic E-state index is 13.5. The van der Waals surface area contributed by atoms with Gasteiger partial charge in [-0.15, -0.1) is 0 Å². The van der Waals surface area contributed by atoms with E-state index < -0.39 is 17.4 Å². The van der Waals surface area contributed by atoms with Crippen LogP contribution >= 0.6 is 0 Å². The van der Waals surface area contributed by atoms with Crippen molar-refractivity contribution in [1.82, 2.24) is 15.7 Å². The summed E-state index contributed by atoms with van der Waals surface area (Å²) in [6.45, 7) is 2.97. The Morgan fingerprint density at radius 3 is 2.46 bits per heavy atom. The van der Waals surface area contributed by atoms with Gasteiger partial charge in [-0.1, -0.05) is 54.6 Å². The number of hydroxylamine groups is 1. The van der Waals surface area contributed by atoms with E-state index in [9.17, 15) is 9.59 Å². The largest absolute Gasteiger partial charge is 0.324 e. The number of amides is 2. The summed E-state index contributed by atoms with van der Waals surface area (Å²) in [5.74, 6) is -0.597. The number of piperazine rings is 1. The molecule has 2 heterocycles. The fraction of sp³-hybridized carbons (Fsp3) is 0.364. The zero-order valence-corrected chi connectivity index (χ0v) is 15.9. The third kappa shape index (κ3) is 3.08. The molecular weight excluding hydrogens is 354 g/mol. The number of carbonyl (C=O) groups excluding carboxylic acids is 2. The quantitative estimate of drug-likeness (QED) is 0.563. The highest BCUT2D eigenvalue weighted by Crippen LogP contribution is 2.39. The average molecular weight is 379 g/mol. The molecule has 3 N–H and O–H groups in total. The monoisotopic (exact) mass is 379 g/mol. The second kappa shape index (κ2) is 7.37. The van der Waals surface area contributed by atoms with Crippen LogP contribution in [0.5, 0.6) is 0 Å². The molecule has 0 bridgehead atoms. The van der Waals surface area contributed by atoms with Gasteiger partial charge in [0.05, 0.1) is 5.41 Å². The van der Waals surface area contributed by atoms with Gasteiger partial charge in [-0.05, 0) is 36.5 Å². The van der Waals surface area contributed by atoms with Crippen LogP contribution in [0.4, 0.5) is 0 Å². The van der Waals surface area contributed by atoms with E-state index in [-0.39, 0.29) is 11.9 Å². The van der Waals surface area contributed by atoms with Crippen molar-refractivity contribution in [3.8, 4) is 11.1 Å². The van der Waals surface area contributed by atoms with Gasteiger partial charge in [0.1, 0.15) is 6.04 Å². The van der Waals surface area contributed by atoms with Crippen LogP contribution in [-0.2, 0) is 15.0 Å². The van der Waals surface area contributed by atoms with E-state index in [4.69, 9.17) is 5.21 Å². The minimum Gasteiger partial charge on any atom is -0.324 e. The third-order valence-electron chi connectivity index (χ3n) is 6.17. The van der Waals surface area contributed by atoms with Crippen LogP contribution in [0, 0.1) is 0 Å². The number of fused-ring (bicyclic) bond motifs is 1. The number of hydrogen-bond donors (Lipinski definition) is 3. The molecule has 0 radical (unpaired) electrons. The van der Waals surface area contributed by atoms with Crippen LogP contribution in [0.2, 0.25) is 0 Å². The summed E-state index contributed by atoms with van der Waals surface area (Å²) in [6.07, 6.45) is 1.54. The van der Waals surface area contributed by atoms with Crippen molar-refractivity contribution in [1.29, 1.82) is 0 Å². The van der Waals surface area contributed by atoms with Crippen LogP contribution in [0.25, 0.3) is 11.1 Å². The van der Waals surface area contributed by atoms with Gasteiger partial charge in [0.15, 0.2) is 0 Å². The molecule has 2 fully saturated rings. The topological polar surface area (TPSA) is 81.7 Å². The van der Waals surface area contributed by atoms with E-state index in [1.54, 1.807) is 10.4 Å². The van der Waals surface area contributed by atoms with Crippen molar-refractivity contribution in [2.45, 2.75) is 37.3 Å². The van der Waals surface area contributed by atoms with Crippen LogP contribution in [0.3, 0.4) is 0 Å². The molecule has 0 spiro atoms. The van der Waals surface area contributed by atoms with Crippen molar-refractivity contribution in [3.05, 3.63) is 60.2 Å². The summed E-state index contributed by atoms with van der Waals surface area (Å²) in [6, 6.07) is 17.5. The minimum absolute atomic E-state index is 0.0276. The van der Waals surface area contributed by atoms with Crippen molar-refractivity contribution in [2.75, 3.05) is 13.1 Å². The maximum Gasteiger partial charge on any atom is 0.267 e. The van der Waals surface area contributed by atoms with Crippen molar-refractivity contribution < 1.29 is 14.8 Å². The van der Waals surface area contributed by atoms with Crippen LogP contribution in [0.15, 0.2) is 54.6 Å². The number of nitrogens with zero attached hydrogens (tertiary/aromatic N) is 1. The molecule has 2 aromatic rings. The Bertz CT molecular complexity index is 868. The number of benzene rings is 2. The van der Waals surface area contributed by atoms with Gasteiger partial charge in [-0.25, -0.2) is 5.48 Å². The fourth-order valence-electron chi connectivity index (χ4n) is 4.46. The third-order valence-corrected chi connectivity index (χ3v) is 6.17. The first-order valence-corrected chi connectivity index (χ1v) is 9.68. The van der Waals surface area contributed by atoms with E-state index >= 15 is 0 Å². The molecule has 146 valence electrons. The van der Waals surface area contributed by atoms with Crippen molar-refractivity contribution >= 4 is 11.8 Å². The highest BCUT2D eigenvalue weighted by Gasteiger charge is 2.50. The molecule has 4 rings (SSSR count). The second-order valence-corrected chi connectivity index (χ2v) is 7.83. The Hall–Kier alpha value is -2.70. The second-order valence-electron chi connectivity index (χ2n) is 7.83. The zero-order chi connectivity index (χ0) is 19.7. The fourth-order valence-corrected chi connectivity index (χ4v) is 4.46. The van der Waals surface area contributed by atoms with E-state index in [1.807, 2.05) is 49.4 Å². The van der Waals surface area contributed by atoms with E-state index in [2.05, 4.69) is 17.4 Å². The van der Waals surface area contributed by atoms with Gasteiger partial charge in [0.25, 0.3) is 5.91 Å². The summed E-state index contributed by atoms with van der Waals surface area (Å²) < 4.78 is 0. The Balaban J connectivity index is 1.64. The Kier molecular flexibility index (Phi) is 4.91. The lowest BCUT2D eigenvalue weighted by molar-refractivity contribution is -0.156. The number of carbonyl (C=O) groups is 2. The van der Waals surface area contributed by atoms with Gasteiger partial charge < -0.3 is 10.2 Å². The first kappa shape index (κ1) is 18.7. The van der Waals surface area contributed by atoms with Crippen LogP contribution in [-0.4, -0.2) is 47.1 Å². The van der Waals surface area contributed by atoms with Gasteiger partial charge >= 0.3 is 0 Å². The standard InChI is InChI=1S/C22H25N3O3/c1-22(17-9-7-16(8-10-17)15-5-3-2-4-6-15)12-11-18-13-23-14-19(20(26)24-28)25(18)21(22)27/h2-10,18-19,23,28H,11-14H2,1H3,(H,24,26)/t18?,19-,22+/m1/s1. The van der Waals surface area contributed by atoms with Gasteiger partial charge in [0.2, 0.25) is 5.91 Å². The molecule has 0 aromatic heterocycles. The molecule has 3 atom stereocenters. The lowest BCUT2D eigenvalue weighted by atomic mass is 9.72. The summed E-state index contributed by atoms with van der Waals surface area (Å²) in [4.78, 5) is 27.3. The van der Waals surface area contributed by atoms with E-state index in [0.717, 1.165) is 29.5 Å². The SMILES string of the molecule is C[C@@]1(c2ccc(-c3ccccc3)cc2)CCC2CNC[C@H](C(=O)NO)N2C1=O. The molecule has 2 aliphatic rings. The maximum atomic E-state index is 13.5. The first-order chi connectivity index (χ1) is 13.5. The summed E-state index contributed by atoms with van der Waals surface area (Å²) >= 11 is 0. The molecule has 0 aliphatic carbocycles. The predicted molar refractivity (Wildman–Crippen MR) is 106 cm³/mol. The Labute approximate surface area is 164 Å². The van der Waals surface area contributed by atoms with Gasteiger partial charge in [0, 0.05) is 19.1 Å².